The van der Waals surface area contributed by atoms with Crippen molar-refractivity contribution in [2.24, 2.45) is 22.7 Å². The lowest BCUT2D eigenvalue weighted by Crippen LogP contribution is -2.53. The number of rotatable bonds is 2. The first-order valence-corrected chi connectivity index (χ1v) is 8.64. The lowest BCUT2D eigenvalue weighted by molar-refractivity contribution is -0.155. The maximum atomic E-state index is 11.3. The topological polar surface area (TPSA) is 20.2 Å². The average Bonchev–Trinajstić information content (AvgIpc) is 2.38. The van der Waals surface area contributed by atoms with E-state index in [1.165, 1.54) is 55.2 Å². The summed E-state index contributed by atoms with van der Waals surface area (Å²) in [5.41, 5.74) is 4.39. The molecular formula is C20H28O. The molecule has 0 heterocycles. The van der Waals surface area contributed by atoms with Crippen molar-refractivity contribution in [1.29, 1.82) is 0 Å². The third-order valence-electron chi connectivity index (χ3n) is 6.71. The molecule has 4 aliphatic carbocycles. The monoisotopic (exact) mass is 284 g/mol. The molecule has 4 bridgehead atoms. The first-order valence-electron chi connectivity index (χ1n) is 8.64. The molecule has 1 aromatic rings. The van der Waals surface area contributed by atoms with Gasteiger partial charge in [0.15, 0.2) is 0 Å². The molecule has 0 amide bonds. The Morgan fingerprint density at radius 3 is 2.38 bits per heavy atom. The van der Waals surface area contributed by atoms with Gasteiger partial charge in [-0.3, -0.25) is 0 Å². The van der Waals surface area contributed by atoms with Gasteiger partial charge in [-0.05, 0) is 80.8 Å². The van der Waals surface area contributed by atoms with E-state index < -0.39 is 0 Å². The Morgan fingerprint density at radius 2 is 1.76 bits per heavy atom. The Morgan fingerprint density at radius 1 is 1.10 bits per heavy atom. The predicted octanol–water partition coefficient (Wildman–Crippen LogP) is 4.94. The molecule has 4 fully saturated rings. The van der Waals surface area contributed by atoms with Crippen LogP contribution in [-0.4, -0.2) is 5.11 Å². The van der Waals surface area contributed by atoms with Crippen LogP contribution in [0.25, 0.3) is 0 Å². The minimum atomic E-state index is -0.261. The summed E-state index contributed by atoms with van der Waals surface area (Å²) in [5, 5.41) is 11.3. The molecule has 21 heavy (non-hydrogen) atoms. The molecule has 0 spiro atoms. The van der Waals surface area contributed by atoms with Gasteiger partial charge in [-0.2, -0.15) is 0 Å². The fourth-order valence-corrected chi connectivity index (χ4v) is 6.50. The highest BCUT2D eigenvalue weighted by Crippen LogP contribution is 2.68. The zero-order valence-electron chi connectivity index (χ0n) is 13.7. The highest BCUT2D eigenvalue weighted by atomic mass is 16.3. The third-order valence-corrected chi connectivity index (χ3v) is 6.71. The molecule has 0 saturated heterocycles. The van der Waals surface area contributed by atoms with Crippen molar-refractivity contribution in [2.75, 3.05) is 0 Å². The Labute approximate surface area is 128 Å². The summed E-state index contributed by atoms with van der Waals surface area (Å²) in [6.45, 7) is 6.77. The number of aliphatic hydroxyl groups is 1. The Kier molecular flexibility index (Phi) is 2.86. The summed E-state index contributed by atoms with van der Waals surface area (Å²) >= 11 is 0. The second-order valence-corrected chi connectivity index (χ2v) is 8.90. The van der Waals surface area contributed by atoms with E-state index in [-0.39, 0.29) is 11.5 Å². The van der Waals surface area contributed by atoms with Gasteiger partial charge in [0, 0.05) is 5.41 Å². The van der Waals surface area contributed by atoms with Gasteiger partial charge in [0.1, 0.15) is 0 Å². The molecule has 1 aromatic carbocycles. The smallest absolute Gasteiger partial charge is 0.0849 e. The molecule has 0 aromatic heterocycles. The van der Waals surface area contributed by atoms with E-state index in [4.69, 9.17) is 0 Å². The lowest BCUT2D eigenvalue weighted by Gasteiger charge is -2.62. The zero-order valence-corrected chi connectivity index (χ0v) is 13.7. The van der Waals surface area contributed by atoms with Crippen LogP contribution < -0.4 is 0 Å². The van der Waals surface area contributed by atoms with Crippen LogP contribution >= 0.6 is 0 Å². The Balaban J connectivity index is 1.73. The fourth-order valence-electron chi connectivity index (χ4n) is 6.50. The molecule has 5 rings (SSSR count). The number of aliphatic hydroxyl groups excluding tert-OH is 1. The molecule has 4 aliphatic rings. The molecule has 1 nitrogen and oxygen atoms in total. The van der Waals surface area contributed by atoms with Gasteiger partial charge in [0.2, 0.25) is 0 Å². The van der Waals surface area contributed by atoms with Crippen molar-refractivity contribution < 1.29 is 5.11 Å². The molecule has 4 saturated carbocycles. The van der Waals surface area contributed by atoms with Crippen molar-refractivity contribution in [1.82, 2.24) is 0 Å². The summed E-state index contributed by atoms with van der Waals surface area (Å²) < 4.78 is 0. The van der Waals surface area contributed by atoms with Gasteiger partial charge in [0.05, 0.1) is 6.10 Å². The molecule has 3 atom stereocenters. The van der Waals surface area contributed by atoms with Gasteiger partial charge in [-0.25, -0.2) is 0 Å². The van der Waals surface area contributed by atoms with Crippen molar-refractivity contribution >= 4 is 0 Å². The van der Waals surface area contributed by atoms with Crippen molar-refractivity contribution in [2.45, 2.75) is 65.4 Å². The Bertz CT molecular complexity index is 559. The molecular weight excluding hydrogens is 256 g/mol. The standard InChI is InChI=1S/C20H28O/c1-13-4-5-14(2)17(6-13)18(21)20-10-15-7-16(11-20)9-19(3,8-15)12-20/h4-6,15-16,18,21H,7-12H2,1-3H3. The first-order chi connectivity index (χ1) is 9.89. The van der Waals surface area contributed by atoms with E-state index in [9.17, 15) is 5.11 Å². The van der Waals surface area contributed by atoms with Gasteiger partial charge in [-0.1, -0.05) is 30.7 Å². The minimum Gasteiger partial charge on any atom is -0.388 e. The van der Waals surface area contributed by atoms with Gasteiger partial charge >= 0.3 is 0 Å². The maximum Gasteiger partial charge on any atom is 0.0849 e. The van der Waals surface area contributed by atoms with Crippen molar-refractivity contribution in [3.8, 4) is 0 Å². The van der Waals surface area contributed by atoms with E-state index in [0.717, 1.165) is 11.8 Å². The van der Waals surface area contributed by atoms with Crippen LogP contribution in [0.4, 0.5) is 0 Å². The number of benzene rings is 1. The molecule has 1 N–H and O–H groups in total. The van der Waals surface area contributed by atoms with Crippen LogP contribution in [0.3, 0.4) is 0 Å². The number of hydrogen-bond acceptors (Lipinski definition) is 1. The van der Waals surface area contributed by atoms with Crippen molar-refractivity contribution in [3.63, 3.8) is 0 Å². The summed E-state index contributed by atoms with van der Waals surface area (Å²) in [4.78, 5) is 0. The van der Waals surface area contributed by atoms with Crippen LogP contribution in [0.1, 0.15) is 68.2 Å². The van der Waals surface area contributed by atoms with E-state index >= 15 is 0 Å². The van der Waals surface area contributed by atoms with E-state index in [1.807, 2.05) is 0 Å². The highest BCUT2D eigenvalue weighted by molar-refractivity contribution is 5.34. The van der Waals surface area contributed by atoms with E-state index in [1.54, 1.807) is 0 Å². The molecule has 1 heteroatoms. The summed E-state index contributed by atoms with van der Waals surface area (Å²) in [6.07, 6.45) is 7.73. The fraction of sp³-hybridized carbons (Fsp3) is 0.700. The van der Waals surface area contributed by atoms with Gasteiger partial charge in [0.25, 0.3) is 0 Å². The molecule has 0 aliphatic heterocycles. The van der Waals surface area contributed by atoms with E-state index in [0.29, 0.717) is 5.41 Å². The second kappa shape index (κ2) is 4.35. The summed E-state index contributed by atoms with van der Waals surface area (Å²) in [7, 11) is 0. The molecule has 114 valence electrons. The van der Waals surface area contributed by atoms with Gasteiger partial charge < -0.3 is 5.11 Å². The van der Waals surface area contributed by atoms with Crippen LogP contribution in [0.15, 0.2) is 18.2 Å². The molecule has 0 radical (unpaired) electrons. The maximum absolute atomic E-state index is 11.3. The van der Waals surface area contributed by atoms with Crippen LogP contribution in [0.2, 0.25) is 0 Å². The van der Waals surface area contributed by atoms with Crippen LogP contribution in [-0.2, 0) is 0 Å². The number of aryl methyl sites for hydroxylation is 2. The average molecular weight is 284 g/mol. The normalized spacial score (nSPS) is 42.3. The third kappa shape index (κ3) is 2.08. The van der Waals surface area contributed by atoms with Crippen molar-refractivity contribution in [3.05, 3.63) is 34.9 Å². The highest BCUT2D eigenvalue weighted by Gasteiger charge is 2.58. The predicted molar refractivity (Wildman–Crippen MR) is 86.1 cm³/mol. The lowest BCUT2D eigenvalue weighted by atomic mass is 9.43. The Hall–Kier alpha value is -0.820. The largest absolute Gasteiger partial charge is 0.388 e. The molecule has 3 unspecified atom stereocenters. The van der Waals surface area contributed by atoms with Crippen LogP contribution in [0.5, 0.6) is 0 Å². The first kappa shape index (κ1) is 13.8. The quantitative estimate of drug-likeness (QED) is 0.815. The number of hydrogen-bond donors (Lipinski definition) is 1. The second-order valence-electron chi connectivity index (χ2n) is 8.90. The minimum absolute atomic E-state index is 0.164. The van der Waals surface area contributed by atoms with Gasteiger partial charge in [-0.15, -0.1) is 0 Å². The summed E-state index contributed by atoms with van der Waals surface area (Å²) in [5.74, 6) is 1.74. The SMILES string of the molecule is Cc1ccc(C)c(C(O)C23CC4CC(CC(C)(C4)C2)C3)c1. The summed E-state index contributed by atoms with van der Waals surface area (Å²) in [6, 6.07) is 6.56. The van der Waals surface area contributed by atoms with Crippen LogP contribution in [0, 0.1) is 36.5 Å². The van der Waals surface area contributed by atoms with E-state index in [2.05, 4.69) is 39.0 Å². The zero-order chi connectivity index (χ0) is 14.8.